The molecule has 0 aliphatic heterocycles. The summed E-state index contributed by atoms with van der Waals surface area (Å²) >= 11 is 6.23. The number of nitrogens with two attached hydrogens (primary N) is 2. The number of hydrogen-bond acceptors (Lipinski definition) is 4. The zero-order valence-corrected chi connectivity index (χ0v) is 12.0. The van der Waals surface area contributed by atoms with Crippen molar-refractivity contribution in [2.45, 2.75) is 6.92 Å². The zero-order valence-electron chi connectivity index (χ0n) is 11.2. The number of rotatable bonds is 2. The highest BCUT2D eigenvalue weighted by molar-refractivity contribution is 6.33. The normalized spacial score (nSPS) is 10.3. The van der Waals surface area contributed by atoms with Crippen molar-refractivity contribution < 1.29 is 9.53 Å². The molecule has 0 spiro atoms. The van der Waals surface area contributed by atoms with Crippen LogP contribution in [0.25, 0.3) is 11.1 Å². The molecule has 4 nitrogen and oxygen atoms in total. The summed E-state index contributed by atoms with van der Waals surface area (Å²) in [6.07, 6.45) is 0. The van der Waals surface area contributed by atoms with E-state index < -0.39 is 5.97 Å². The number of ether oxygens (including phenoxy) is 1. The molecule has 0 unspecified atom stereocenters. The molecule has 5 heteroatoms. The van der Waals surface area contributed by atoms with Gasteiger partial charge in [-0.25, -0.2) is 4.79 Å². The molecule has 2 aromatic rings. The van der Waals surface area contributed by atoms with Crippen LogP contribution >= 0.6 is 11.6 Å². The predicted octanol–water partition coefficient (Wildman–Crippen LogP) is 3.27. The minimum absolute atomic E-state index is 0.212. The quantitative estimate of drug-likeness (QED) is 0.657. The Morgan fingerprint density at radius 3 is 2.50 bits per heavy atom. The predicted molar refractivity (Wildman–Crippen MR) is 81.8 cm³/mol. The third-order valence-corrected chi connectivity index (χ3v) is 3.37. The maximum absolute atomic E-state index is 11.7. The van der Waals surface area contributed by atoms with E-state index in [1.165, 1.54) is 7.11 Å². The lowest BCUT2D eigenvalue weighted by Crippen LogP contribution is -2.08. The van der Waals surface area contributed by atoms with Crippen molar-refractivity contribution in [3.8, 4) is 11.1 Å². The first kappa shape index (κ1) is 14.2. The molecule has 0 radical (unpaired) electrons. The lowest BCUT2D eigenvalue weighted by molar-refractivity contribution is 0.0602. The number of esters is 1. The Kier molecular flexibility index (Phi) is 3.86. The van der Waals surface area contributed by atoms with E-state index in [1.54, 1.807) is 12.1 Å². The van der Waals surface area contributed by atoms with Crippen LogP contribution in [0.15, 0.2) is 30.3 Å². The maximum atomic E-state index is 11.7. The standard InChI is InChI=1S/C15H15ClN2O2/c1-8-3-4-10(12(16)5-8)9-6-11(15(19)20-2)14(18)13(17)7-9/h3-7H,17-18H2,1-2H3. The Morgan fingerprint density at radius 2 is 1.90 bits per heavy atom. The second-order valence-electron chi connectivity index (χ2n) is 4.50. The first-order valence-corrected chi connectivity index (χ1v) is 6.35. The molecular weight excluding hydrogens is 276 g/mol. The number of anilines is 2. The summed E-state index contributed by atoms with van der Waals surface area (Å²) in [4.78, 5) is 11.7. The fourth-order valence-corrected chi connectivity index (χ4v) is 2.31. The van der Waals surface area contributed by atoms with E-state index in [1.807, 2.05) is 25.1 Å². The average molecular weight is 291 g/mol. The molecule has 0 atom stereocenters. The van der Waals surface area contributed by atoms with Gasteiger partial charge in [0.1, 0.15) is 0 Å². The van der Waals surface area contributed by atoms with Gasteiger partial charge in [-0.2, -0.15) is 0 Å². The number of methoxy groups -OCH3 is 1. The van der Waals surface area contributed by atoms with Crippen molar-refractivity contribution in [2.24, 2.45) is 0 Å². The van der Waals surface area contributed by atoms with Crippen LogP contribution in [0.5, 0.6) is 0 Å². The van der Waals surface area contributed by atoms with Gasteiger partial charge < -0.3 is 16.2 Å². The van der Waals surface area contributed by atoms with Crippen LogP contribution in [0.3, 0.4) is 0 Å². The molecule has 0 bridgehead atoms. The number of carbonyl (C=O) groups excluding carboxylic acids is 1. The first-order valence-electron chi connectivity index (χ1n) is 5.98. The second kappa shape index (κ2) is 5.43. The third-order valence-electron chi connectivity index (χ3n) is 3.05. The third kappa shape index (κ3) is 2.56. The zero-order chi connectivity index (χ0) is 14.9. The lowest BCUT2D eigenvalue weighted by Gasteiger charge is -2.12. The SMILES string of the molecule is COC(=O)c1cc(-c2ccc(C)cc2Cl)cc(N)c1N. The average Bonchev–Trinajstić information content (AvgIpc) is 2.41. The monoisotopic (exact) mass is 290 g/mol. The molecule has 0 saturated heterocycles. The first-order chi connectivity index (χ1) is 9.43. The van der Waals surface area contributed by atoms with E-state index in [-0.39, 0.29) is 11.3 Å². The number of aryl methyl sites for hydroxylation is 1. The number of hydrogen-bond donors (Lipinski definition) is 2. The summed E-state index contributed by atoms with van der Waals surface area (Å²) in [6.45, 7) is 1.95. The molecule has 2 rings (SSSR count). The molecule has 20 heavy (non-hydrogen) atoms. The Bertz CT molecular complexity index is 684. The molecule has 0 saturated carbocycles. The van der Waals surface area contributed by atoms with E-state index in [0.29, 0.717) is 10.7 Å². The lowest BCUT2D eigenvalue weighted by atomic mass is 9.99. The van der Waals surface area contributed by atoms with Crippen molar-refractivity contribution in [3.63, 3.8) is 0 Å². The van der Waals surface area contributed by atoms with Crippen molar-refractivity contribution in [2.75, 3.05) is 18.6 Å². The molecule has 0 fully saturated rings. The van der Waals surface area contributed by atoms with E-state index in [9.17, 15) is 4.79 Å². The Hall–Kier alpha value is -2.20. The van der Waals surface area contributed by atoms with Crippen molar-refractivity contribution in [1.29, 1.82) is 0 Å². The van der Waals surface area contributed by atoms with Crippen molar-refractivity contribution in [3.05, 3.63) is 46.5 Å². The van der Waals surface area contributed by atoms with Gasteiger partial charge in [-0.05, 0) is 36.2 Å². The molecule has 0 aliphatic rings. The van der Waals surface area contributed by atoms with E-state index in [2.05, 4.69) is 0 Å². The fraction of sp³-hybridized carbons (Fsp3) is 0.133. The van der Waals surface area contributed by atoms with Crippen LogP contribution in [-0.4, -0.2) is 13.1 Å². The van der Waals surface area contributed by atoms with Crippen LogP contribution in [0.1, 0.15) is 15.9 Å². The maximum Gasteiger partial charge on any atom is 0.340 e. The summed E-state index contributed by atoms with van der Waals surface area (Å²) in [5.41, 5.74) is 15.0. The summed E-state index contributed by atoms with van der Waals surface area (Å²) in [6, 6.07) is 8.99. The summed E-state index contributed by atoms with van der Waals surface area (Å²) in [7, 11) is 1.30. The number of nitrogen functional groups attached to an aromatic ring is 2. The largest absolute Gasteiger partial charge is 0.465 e. The van der Waals surface area contributed by atoms with Crippen LogP contribution < -0.4 is 11.5 Å². The number of carbonyl (C=O) groups is 1. The Balaban J connectivity index is 2.63. The Labute approximate surface area is 122 Å². The minimum atomic E-state index is -0.528. The highest BCUT2D eigenvalue weighted by Crippen LogP contribution is 2.33. The minimum Gasteiger partial charge on any atom is -0.465 e. The molecule has 104 valence electrons. The molecule has 2 aromatic carbocycles. The Morgan fingerprint density at radius 1 is 1.20 bits per heavy atom. The van der Waals surface area contributed by atoms with Gasteiger partial charge in [-0.1, -0.05) is 23.7 Å². The highest BCUT2D eigenvalue weighted by Gasteiger charge is 2.15. The van der Waals surface area contributed by atoms with E-state index in [4.69, 9.17) is 27.8 Å². The van der Waals surface area contributed by atoms with Crippen LogP contribution in [0, 0.1) is 6.92 Å². The van der Waals surface area contributed by atoms with E-state index >= 15 is 0 Å². The van der Waals surface area contributed by atoms with Gasteiger partial charge in [-0.15, -0.1) is 0 Å². The number of benzene rings is 2. The van der Waals surface area contributed by atoms with Gasteiger partial charge in [0.15, 0.2) is 0 Å². The van der Waals surface area contributed by atoms with Gasteiger partial charge in [0, 0.05) is 10.6 Å². The second-order valence-corrected chi connectivity index (χ2v) is 4.91. The molecular formula is C15H15ClN2O2. The number of halogens is 1. The van der Waals surface area contributed by atoms with Crippen molar-refractivity contribution >= 4 is 28.9 Å². The molecule has 4 N–H and O–H groups in total. The van der Waals surface area contributed by atoms with Gasteiger partial charge in [-0.3, -0.25) is 0 Å². The van der Waals surface area contributed by atoms with Gasteiger partial charge in [0.2, 0.25) is 0 Å². The van der Waals surface area contributed by atoms with Crippen LogP contribution in [0.4, 0.5) is 11.4 Å². The summed E-state index contributed by atoms with van der Waals surface area (Å²) in [5.74, 6) is -0.528. The van der Waals surface area contributed by atoms with Crippen LogP contribution in [0.2, 0.25) is 5.02 Å². The van der Waals surface area contributed by atoms with Gasteiger partial charge in [0.25, 0.3) is 0 Å². The molecule has 0 heterocycles. The van der Waals surface area contributed by atoms with Gasteiger partial charge in [0.05, 0.1) is 24.0 Å². The van der Waals surface area contributed by atoms with Crippen molar-refractivity contribution in [1.82, 2.24) is 0 Å². The molecule has 0 aromatic heterocycles. The van der Waals surface area contributed by atoms with Gasteiger partial charge >= 0.3 is 5.97 Å². The summed E-state index contributed by atoms with van der Waals surface area (Å²) < 4.78 is 4.70. The highest BCUT2D eigenvalue weighted by atomic mass is 35.5. The summed E-state index contributed by atoms with van der Waals surface area (Å²) in [5, 5.41) is 0.588. The fourth-order valence-electron chi connectivity index (χ4n) is 1.96. The smallest absolute Gasteiger partial charge is 0.340 e. The topological polar surface area (TPSA) is 78.3 Å². The molecule has 0 amide bonds. The van der Waals surface area contributed by atoms with Crippen LogP contribution in [-0.2, 0) is 4.74 Å². The molecule has 0 aliphatic carbocycles. The van der Waals surface area contributed by atoms with E-state index in [0.717, 1.165) is 16.7 Å².